The van der Waals surface area contributed by atoms with E-state index in [2.05, 4.69) is 230 Å². The van der Waals surface area contributed by atoms with E-state index in [9.17, 15) is 0 Å². The van der Waals surface area contributed by atoms with Crippen molar-refractivity contribution < 1.29 is 0 Å². The first-order chi connectivity index (χ1) is 30.0. The molecular weight excluding hydrogens is 759 g/mol. The molecule has 0 N–H and O–H groups in total. The van der Waals surface area contributed by atoms with Crippen LogP contribution in [-0.4, -0.2) is 15.6 Å². The van der Waals surface area contributed by atoms with Gasteiger partial charge in [-0.25, -0.2) is 4.98 Å². The van der Waals surface area contributed by atoms with Crippen LogP contribution in [0.4, 0.5) is 11.4 Å². The van der Waals surface area contributed by atoms with Crippen LogP contribution in [-0.2, 0) is 11.8 Å². The largest absolute Gasteiger partial charge is 0.334 e. The minimum absolute atomic E-state index is 0.00877. The van der Waals surface area contributed by atoms with E-state index in [1.54, 1.807) is 0 Å². The van der Waals surface area contributed by atoms with E-state index in [4.69, 9.17) is 4.98 Å². The number of thiophene rings is 1. The Kier molecular flexibility index (Phi) is 10.2. The number of allylic oxidation sites excluding steroid dienone is 1. The summed E-state index contributed by atoms with van der Waals surface area (Å²) in [7, 11) is 0. The van der Waals surface area contributed by atoms with Crippen LogP contribution in [0.1, 0.15) is 37.2 Å². The zero-order valence-corrected chi connectivity index (χ0v) is 35.4. The van der Waals surface area contributed by atoms with Crippen LogP contribution in [0.3, 0.4) is 0 Å². The summed E-state index contributed by atoms with van der Waals surface area (Å²) in [4.78, 5) is 10.1. The van der Waals surface area contributed by atoms with Gasteiger partial charge in [-0.1, -0.05) is 153 Å². The Hall–Kier alpha value is -7.01. The van der Waals surface area contributed by atoms with Gasteiger partial charge in [-0.2, -0.15) is 0 Å². The van der Waals surface area contributed by atoms with E-state index < -0.39 is 0 Å². The lowest BCUT2D eigenvalue weighted by Gasteiger charge is -2.32. The van der Waals surface area contributed by atoms with Crippen LogP contribution >= 0.6 is 11.3 Å². The summed E-state index contributed by atoms with van der Waals surface area (Å²) in [5.41, 5.74) is 15.8. The summed E-state index contributed by atoms with van der Waals surface area (Å²) in [6.45, 7) is 8.93. The molecule has 1 unspecified atom stereocenters. The van der Waals surface area contributed by atoms with Gasteiger partial charge in [0.1, 0.15) is 5.82 Å². The number of rotatable bonds is 12. The molecule has 0 spiro atoms. The van der Waals surface area contributed by atoms with Crippen molar-refractivity contribution in [1.82, 2.24) is 9.55 Å². The highest BCUT2D eigenvalue weighted by Gasteiger charge is 2.35. The van der Waals surface area contributed by atoms with Gasteiger partial charge in [0.15, 0.2) is 0 Å². The van der Waals surface area contributed by atoms with Crippen LogP contribution in [0.2, 0.25) is 0 Å². The molecule has 61 heavy (non-hydrogen) atoms. The molecule has 0 bridgehead atoms. The van der Waals surface area contributed by atoms with Crippen LogP contribution in [0.15, 0.2) is 213 Å². The number of nitrogens with zero attached hydrogens (tertiary/aromatic N) is 3. The number of benzene rings is 7. The highest BCUT2D eigenvalue weighted by atomic mass is 32.1. The fourth-order valence-electron chi connectivity index (χ4n) is 9.12. The molecule has 0 saturated heterocycles. The van der Waals surface area contributed by atoms with Crippen LogP contribution in [0, 0.1) is 0 Å². The second-order valence-corrected chi connectivity index (χ2v) is 17.4. The van der Waals surface area contributed by atoms with Crippen LogP contribution in [0.25, 0.3) is 59.9 Å². The average molecular weight is 806 g/mol. The Morgan fingerprint density at radius 2 is 1.20 bits per heavy atom. The van der Waals surface area contributed by atoms with E-state index in [1.807, 2.05) is 17.4 Å². The van der Waals surface area contributed by atoms with Crippen molar-refractivity contribution in [2.24, 2.45) is 0 Å². The van der Waals surface area contributed by atoms with Gasteiger partial charge in [0.05, 0.1) is 17.1 Å². The quantitative estimate of drug-likeness (QED) is 0.115. The third-order valence-corrected chi connectivity index (χ3v) is 13.4. The van der Waals surface area contributed by atoms with Gasteiger partial charge in [-0.3, -0.25) is 4.57 Å². The van der Waals surface area contributed by atoms with Gasteiger partial charge < -0.3 is 4.90 Å². The Balaban J connectivity index is 0.998. The van der Waals surface area contributed by atoms with Crippen LogP contribution in [0.5, 0.6) is 0 Å². The Morgan fingerprint density at radius 3 is 1.92 bits per heavy atom. The molecule has 0 saturated carbocycles. The molecule has 9 aromatic rings. The molecular formula is C57H47N3S. The second-order valence-electron chi connectivity index (χ2n) is 16.3. The van der Waals surface area contributed by atoms with Gasteiger partial charge in [0.2, 0.25) is 0 Å². The van der Waals surface area contributed by atoms with E-state index in [-0.39, 0.29) is 11.5 Å². The van der Waals surface area contributed by atoms with Gasteiger partial charge in [0.25, 0.3) is 0 Å². The minimum Gasteiger partial charge on any atom is -0.334 e. The molecule has 0 amide bonds. The number of hydrogen-bond acceptors (Lipinski definition) is 3. The van der Waals surface area contributed by atoms with Crippen molar-refractivity contribution in [1.29, 1.82) is 0 Å². The number of imidazole rings is 1. The number of hydrogen-bond donors (Lipinski definition) is 0. The summed E-state index contributed by atoms with van der Waals surface area (Å²) < 4.78 is 2.28. The van der Waals surface area contributed by atoms with Crippen molar-refractivity contribution in [2.45, 2.75) is 38.1 Å². The van der Waals surface area contributed by atoms with E-state index >= 15 is 0 Å². The first kappa shape index (κ1) is 38.2. The molecule has 0 aliphatic heterocycles. The molecule has 0 radical (unpaired) electrons. The summed E-state index contributed by atoms with van der Waals surface area (Å²) in [5, 5.41) is 0. The molecule has 3 nitrogen and oxygen atoms in total. The fraction of sp³-hybridized carbons (Fsp3) is 0.105. The molecule has 2 heterocycles. The second kappa shape index (κ2) is 16.2. The molecule has 0 fully saturated rings. The summed E-state index contributed by atoms with van der Waals surface area (Å²) in [6, 6.07) is 68.0. The Labute approximate surface area is 363 Å². The molecule has 296 valence electrons. The number of fused-ring (bicyclic) bond motifs is 4. The van der Waals surface area contributed by atoms with Gasteiger partial charge >= 0.3 is 0 Å². The normalized spacial score (nSPS) is 13.3. The lowest BCUT2D eigenvalue weighted by molar-refractivity contribution is 0.660. The summed E-state index contributed by atoms with van der Waals surface area (Å²) in [6.07, 6.45) is 8.10. The van der Waals surface area contributed by atoms with Crippen molar-refractivity contribution in [3.8, 4) is 48.8 Å². The molecule has 1 aliphatic rings. The monoisotopic (exact) mass is 805 g/mol. The smallest absolute Gasteiger partial charge is 0.118 e. The lowest BCUT2D eigenvalue weighted by atomic mass is 9.81. The number of anilines is 2. The standard InChI is InChI=1S/C57H47N3S/c1-4-16-44(21-15-26-56-58-52-24-13-14-25-53(52)60(56)45-19-9-6-10-20-45)59(47-34-29-42(30-35-47)55-38-37-54(61-55)41-17-7-5-8-18-41)46-32-27-40(28-33-46)43-31-36-49-48-22-11-12-23-50(48)57(2,3)51(49)39-43/h4-15,17-25,27-39,44H,1,16,26H2,2-3H3/b21-15-. The SMILES string of the molecule is C=CCC(/C=C\Cc1nc2ccccc2n1-c1ccccc1)N(c1ccc(-c2ccc3c(c2)C(C)(C)c2ccccc2-3)cc1)c1ccc(-c2ccc(-c3ccccc3)s2)cc1. The highest BCUT2D eigenvalue weighted by Crippen LogP contribution is 2.49. The van der Waals surface area contributed by atoms with E-state index in [1.165, 1.54) is 54.3 Å². The predicted molar refractivity (Wildman–Crippen MR) is 259 cm³/mol. The van der Waals surface area contributed by atoms with Crippen molar-refractivity contribution >= 4 is 33.7 Å². The van der Waals surface area contributed by atoms with Gasteiger partial charge in [-0.05, 0) is 118 Å². The molecule has 2 aromatic heterocycles. The summed E-state index contributed by atoms with van der Waals surface area (Å²) >= 11 is 1.83. The van der Waals surface area contributed by atoms with E-state index in [0.717, 1.165) is 40.3 Å². The molecule has 4 heteroatoms. The number of para-hydroxylation sites is 3. The lowest BCUT2D eigenvalue weighted by Crippen LogP contribution is -2.29. The topological polar surface area (TPSA) is 21.1 Å². The molecule has 1 atom stereocenters. The zero-order valence-electron chi connectivity index (χ0n) is 34.6. The Morgan fingerprint density at radius 1 is 0.607 bits per heavy atom. The molecule has 1 aliphatic carbocycles. The van der Waals surface area contributed by atoms with Gasteiger partial charge in [0, 0.05) is 38.7 Å². The van der Waals surface area contributed by atoms with Crippen LogP contribution < -0.4 is 4.90 Å². The average Bonchev–Trinajstić information content (AvgIpc) is 4.01. The van der Waals surface area contributed by atoms with Gasteiger partial charge in [-0.15, -0.1) is 17.9 Å². The first-order valence-corrected chi connectivity index (χ1v) is 22.0. The van der Waals surface area contributed by atoms with Crippen molar-refractivity contribution in [2.75, 3.05) is 4.90 Å². The van der Waals surface area contributed by atoms with Crippen molar-refractivity contribution in [3.05, 3.63) is 230 Å². The maximum Gasteiger partial charge on any atom is 0.118 e. The molecule has 10 rings (SSSR count). The molecule has 7 aromatic carbocycles. The number of aromatic nitrogens is 2. The third kappa shape index (κ3) is 7.24. The first-order valence-electron chi connectivity index (χ1n) is 21.2. The minimum atomic E-state index is -0.0493. The van der Waals surface area contributed by atoms with E-state index in [0.29, 0.717) is 6.42 Å². The Bertz CT molecular complexity index is 3010. The third-order valence-electron chi connectivity index (χ3n) is 12.2. The zero-order chi connectivity index (χ0) is 41.3. The van der Waals surface area contributed by atoms with Crippen molar-refractivity contribution in [3.63, 3.8) is 0 Å². The maximum atomic E-state index is 5.11. The highest BCUT2D eigenvalue weighted by molar-refractivity contribution is 7.18. The summed E-state index contributed by atoms with van der Waals surface area (Å²) in [5.74, 6) is 1.01. The predicted octanol–water partition coefficient (Wildman–Crippen LogP) is 15.3. The fourth-order valence-corrected chi connectivity index (χ4v) is 10.1. The maximum absolute atomic E-state index is 5.11.